The summed E-state index contributed by atoms with van der Waals surface area (Å²) < 4.78 is 0. The molecule has 0 aromatic rings. The highest BCUT2D eigenvalue weighted by Crippen LogP contribution is 2.35. The average Bonchev–Trinajstić information content (AvgIpc) is 3.20. The van der Waals surface area contributed by atoms with Gasteiger partial charge in [0, 0.05) is 19.6 Å². The van der Waals surface area contributed by atoms with Crippen LogP contribution in [0.3, 0.4) is 0 Å². The molecule has 4 nitrogen and oxygen atoms in total. The first-order valence-corrected chi connectivity index (χ1v) is 8.37. The van der Waals surface area contributed by atoms with Crippen molar-refractivity contribution in [2.75, 3.05) is 32.7 Å². The molecule has 3 fully saturated rings. The number of likely N-dealkylation sites (tertiary alicyclic amines) is 2. The number of carbonyl (C=O) groups excluding carboxylic acids is 1. The maximum atomic E-state index is 12.4. The van der Waals surface area contributed by atoms with Crippen molar-refractivity contribution in [3.63, 3.8) is 0 Å². The Morgan fingerprint density at radius 1 is 1.20 bits per heavy atom. The smallest absolute Gasteiger partial charge is 0.242 e. The van der Waals surface area contributed by atoms with E-state index in [9.17, 15) is 4.79 Å². The number of rotatable bonds is 3. The molecule has 4 heteroatoms. The van der Waals surface area contributed by atoms with Gasteiger partial charge >= 0.3 is 0 Å². The zero-order chi connectivity index (χ0) is 14.2. The third-order valence-electron chi connectivity index (χ3n) is 5.41. The van der Waals surface area contributed by atoms with E-state index in [1.54, 1.807) is 0 Å². The summed E-state index contributed by atoms with van der Waals surface area (Å²) in [6.45, 7) is 7.87. The highest BCUT2D eigenvalue weighted by Gasteiger charge is 2.48. The number of piperidine rings is 2. The van der Waals surface area contributed by atoms with Crippen molar-refractivity contribution in [1.82, 2.24) is 9.80 Å². The topological polar surface area (TPSA) is 49.6 Å². The number of hydrogen-bond acceptors (Lipinski definition) is 3. The maximum Gasteiger partial charge on any atom is 0.242 e. The Morgan fingerprint density at radius 3 is 2.55 bits per heavy atom. The Hall–Kier alpha value is -0.610. The quantitative estimate of drug-likeness (QED) is 0.850. The summed E-state index contributed by atoms with van der Waals surface area (Å²) in [5.41, 5.74) is 5.58. The van der Waals surface area contributed by atoms with Crippen LogP contribution < -0.4 is 5.73 Å². The summed E-state index contributed by atoms with van der Waals surface area (Å²) in [5.74, 6) is 1.76. The van der Waals surface area contributed by atoms with E-state index in [4.69, 9.17) is 5.73 Å². The summed E-state index contributed by atoms with van der Waals surface area (Å²) in [7, 11) is 0. The lowest BCUT2D eigenvalue weighted by molar-refractivity contribution is -0.135. The van der Waals surface area contributed by atoms with Gasteiger partial charge in [-0.1, -0.05) is 6.92 Å². The second-order valence-electron chi connectivity index (χ2n) is 7.40. The SMILES string of the molecule is CC1CCN(CC2CCCN(C(=O)C3(N)CC3)C2)CC1. The van der Waals surface area contributed by atoms with Crippen molar-refractivity contribution >= 4 is 5.91 Å². The Bertz CT molecular complexity index is 359. The second-order valence-corrected chi connectivity index (χ2v) is 7.40. The molecule has 2 heterocycles. The molecule has 2 N–H and O–H groups in total. The largest absolute Gasteiger partial charge is 0.341 e. The van der Waals surface area contributed by atoms with Crippen LogP contribution in [-0.2, 0) is 4.79 Å². The van der Waals surface area contributed by atoms with Crippen LogP contribution in [0.5, 0.6) is 0 Å². The first kappa shape index (κ1) is 14.3. The lowest BCUT2D eigenvalue weighted by atomic mass is 9.94. The molecule has 3 aliphatic rings. The molecule has 0 spiro atoms. The fourth-order valence-corrected chi connectivity index (χ4v) is 3.67. The fourth-order valence-electron chi connectivity index (χ4n) is 3.67. The van der Waals surface area contributed by atoms with Gasteiger partial charge in [0.15, 0.2) is 0 Å². The Kier molecular flexibility index (Phi) is 4.04. The van der Waals surface area contributed by atoms with Gasteiger partial charge in [-0.2, -0.15) is 0 Å². The summed E-state index contributed by atoms with van der Waals surface area (Å²) in [6, 6.07) is 0. The van der Waals surface area contributed by atoms with E-state index in [2.05, 4.69) is 11.8 Å². The minimum atomic E-state index is -0.484. The van der Waals surface area contributed by atoms with E-state index in [1.807, 2.05) is 4.90 Å². The molecule has 2 aliphatic heterocycles. The third-order valence-corrected chi connectivity index (χ3v) is 5.41. The minimum Gasteiger partial charge on any atom is -0.341 e. The van der Waals surface area contributed by atoms with Crippen LogP contribution in [0, 0.1) is 11.8 Å². The van der Waals surface area contributed by atoms with Gasteiger partial charge in [0.2, 0.25) is 5.91 Å². The second kappa shape index (κ2) is 5.64. The first-order valence-electron chi connectivity index (χ1n) is 8.37. The number of nitrogens with zero attached hydrogens (tertiary/aromatic N) is 2. The molecule has 1 aliphatic carbocycles. The number of amides is 1. The monoisotopic (exact) mass is 279 g/mol. The molecule has 2 saturated heterocycles. The molecule has 0 bridgehead atoms. The highest BCUT2D eigenvalue weighted by molar-refractivity contribution is 5.89. The summed E-state index contributed by atoms with van der Waals surface area (Å²) >= 11 is 0. The van der Waals surface area contributed by atoms with Crippen molar-refractivity contribution in [3.8, 4) is 0 Å². The molecule has 1 amide bonds. The van der Waals surface area contributed by atoms with E-state index in [-0.39, 0.29) is 5.91 Å². The predicted octanol–water partition coefficient (Wildman–Crippen LogP) is 1.45. The van der Waals surface area contributed by atoms with E-state index in [0.29, 0.717) is 5.92 Å². The van der Waals surface area contributed by atoms with Crippen LogP contribution in [0.1, 0.15) is 45.4 Å². The molecule has 0 aromatic carbocycles. The lowest BCUT2D eigenvalue weighted by Crippen LogP contribution is -2.51. The van der Waals surface area contributed by atoms with Crippen molar-refractivity contribution in [2.24, 2.45) is 17.6 Å². The zero-order valence-electron chi connectivity index (χ0n) is 12.8. The average molecular weight is 279 g/mol. The molecular weight excluding hydrogens is 250 g/mol. The Morgan fingerprint density at radius 2 is 1.90 bits per heavy atom. The minimum absolute atomic E-state index is 0.217. The van der Waals surface area contributed by atoms with Crippen LogP contribution in [0.25, 0.3) is 0 Å². The molecule has 1 unspecified atom stereocenters. The molecule has 1 saturated carbocycles. The summed E-state index contributed by atoms with van der Waals surface area (Å²) in [6.07, 6.45) is 6.86. The van der Waals surface area contributed by atoms with Crippen molar-refractivity contribution in [3.05, 3.63) is 0 Å². The third kappa shape index (κ3) is 3.17. The van der Waals surface area contributed by atoms with Gasteiger partial charge in [0.25, 0.3) is 0 Å². The van der Waals surface area contributed by atoms with Gasteiger partial charge in [-0.3, -0.25) is 4.79 Å². The van der Waals surface area contributed by atoms with E-state index in [0.717, 1.165) is 38.3 Å². The zero-order valence-corrected chi connectivity index (χ0v) is 12.8. The number of nitrogens with two attached hydrogens (primary N) is 1. The first-order chi connectivity index (χ1) is 9.57. The molecule has 0 aromatic heterocycles. The highest BCUT2D eigenvalue weighted by atomic mass is 16.2. The van der Waals surface area contributed by atoms with E-state index in [1.165, 1.54) is 38.9 Å². The van der Waals surface area contributed by atoms with Gasteiger partial charge in [0.1, 0.15) is 0 Å². The van der Waals surface area contributed by atoms with Crippen molar-refractivity contribution < 1.29 is 4.79 Å². The Balaban J connectivity index is 1.49. The summed E-state index contributed by atoms with van der Waals surface area (Å²) in [4.78, 5) is 17.0. The van der Waals surface area contributed by atoms with Crippen LogP contribution in [0.2, 0.25) is 0 Å². The molecule has 20 heavy (non-hydrogen) atoms. The van der Waals surface area contributed by atoms with Crippen LogP contribution in [0.4, 0.5) is 0 Å². The summed E-state index contributed by atoms with van der Waals surface area (Å²) in [5, 5.41) is 0. The standard InChI is InChI=1S/C16H29N3O/c1-13-4-9-18(10-5-13)11-14-3-2-8-19(12-14)15(20)16(17)6-7-16/h13-14H,2-12,17H2,1H3. The van der Waals surface area contributed by atoms with Gasteiger partial charge in [0.05, 0.1) is 5.54 Å². The van der Waals surface area contributed by atoms with E-state index >= 15 is 0 Å². The van der Waals surface area contributed by atoms with E-state index < -0.39 is 5.54 Å². The molecule has 114 valence electrons. The van der Waals surface area contributed by atoms with Gasteiger partial charge < -0.3 is 15.5 Å². The normalized spacial score (nSPS) is 31.3. The molecule has 0 radical (unpaired) electrons. The molecular formula is C16H29N3O. The van der Waals surface area contributed by atoms with Crippen molar-refractivity contribution in [2.45, 2.75) is 51.0 Å². The number of carbonyl (C=O) groups is 1. The van der Waals surface area contributed by atoms with Crippen LogP contribution >= 0.6 is 0 Å². The van der Waals surface area contributed by atoms with Gasteiger partial charge in [-0.25, -0.2) is 0 Å². The van der Waals surface area contributed by atoms with Gasteiger partial charge in [-0.15, -0.1) is 0 Å². The van der Waals surface area contributed by atoms with Crippen molar-refractivity contribution in [1.29, 1.82) is 0 Å². The Labute approximate surface area is 122 Å². The lowest BCUT2D eigenvalue weighted by Gasteiger charge is -2.38. The number of hydrogen-bond donors (Lipinski definition) is 1. The predicted molar refractivity (Wildman–Crippen MR) is 80.3 cm³/mol. The molecule has 3 rings (SSSR count). The van der Waals surface area contributed by atoms with Crippen LogP contribution in [-0.4, -0.2) is 54.0 Å². The molecule has 1 atom stereocenters. The maximum absolute atomic E-state index is 12.4. The fraction of sp³-hybridized carbons (Fsp3) is 0.938. The van der Waals surface area contributed by atoms with Gasteiger partial charge in [-0.05, 0) is 63.5 Å². The van der Waals surface area contributed by atoms with Crippen LogP contribution in [0.15, 0.2) is 0 Å².